The molecule has 3 saturated heterocycles. The smallest absolute Gasteiger partial charge is 0.390 e. The van der Waals surface area contributed by atoms with Crippen molar-refractivity contribution in [1.82, 2.24) is 0 Å². The summed E-state index contributed by atoms with van der Waals surface area (Å²) in [7, 11) is 0. The second-order valence-corrected chi connectivity index (χ2v) is 7.72. The molecule has 3 aliphatic heterocycles. The zero-order valence-corrected chi connectivity index (χ0v) is 15.1. The summed E-state index contributed by atoms with van der Waals surface area (Å²) in [6, 6.07) is 2.78. The summed E-state index contributed by atoms with van der Waals surface area (Å²) in [5, 5.41) is 10.5. The molecule has 0 saturated carbocycles. The molecule has 3 heterocycles. The SMILES string of the molecule is [C-]#[N+]c1ccc(N2C(=O)[C@@H]3[C@H](C2=O)C2(C)C[C@H](O)C3(CC)O2)cc1C(F)(F)F. The van der Waals surface area contributed by atoms with Crippen LogP contribution in [0, 0.1) is 18.4 Å². The number of aliphatic hydroxyl groups is 1. The summed E-state index contributed by atoms with van der Waals surface area (Å²) >= 11 is 0. The maximum absolute atomic E-state index is 13.3. The Hall–Kier alpha value is -2.44. The number of anilines is 1. The minimum absolute atomic E-state index is 0.180. The van der Waals surface area contributed by atoms with Crippen LogP contribution in [0.3, 0.4) is 0 Å². The molecule has 0 aliphatic carbocycles. The molecule has 28 heavy (non-hydrogen) atoms. The van der Waals surface area contributed by atoms with Gasteiger partial charge in [-0.15, -0.1) is 0 Å². The number of fused-ring (bicyclic) bond motifs is 5. The maximum Gasteiger partial charge on any atom is 0.407 e. The van der Waals surface area contributed by atoms with Gasteiger partial charge in [0.2, 0.25) is 11.8 Å². The van der Waals surface area contributed by atoms with Crippen LogP contribution in [0.2, 0.25) is 0 Å². The second-order valence-electron chi connectivity index (χ2n) is 7.72. The molecule has 0 aromatic heterocycles. The highest BCUT2D eigenvalue weighted by molar-refractivity contribution is 6.23. The summed E-state index contributed by atoms with van der Waals surface area (Å²) < 4.78 is 45.9. The Bertz CT molecular complexity index is 940. The third-order valence-electron chi connectivity index (χ3n) is 6.29. The molecule has 5 atom stereocenters. The highest BCUT2D eigenvalue weighted by Gasteiger charge is 2.76. The van der Waals surface area contributed by atoms with Gasteiger partial charge in [0, 0.05) is 12.1 Å². The van der Waals surface area contributed by atoms with Gasteiger partial charge < -0.3 is 9.84 Å². The van der Waals surface area contributed by atoms with E-state index in [0.29, 0.717) is 12.5 Å². The molecule has 0 spiro atoms. The summed E-state index contributed by atoms with van der Waals surface area (Å²) in [5.74, 6) is -3.13. The van der Waals surface area contributed by atoms with Gasteiger partial charge in [0.15, 0.2) is 5.69 Å². The van der Waals surface area contributed by atoms with E-state index < -0.39 is 58.4 Å². The number of carbonyl (C=O) groups is 2. The monoisotopic (exact) mass is 394 g/mol. The Balaban J connectivity index is 1.82. The van der Waals surface area contributed by atoms with Gasteiger partial charge >= 0.3 is 6.18 Å². The number of halogens is 3. The average Bonchev–Trinajstić information content (AvgIpc) is 3.16. The number of alkyl halides is 3. The van der Waals surface area contributed by atoms with E-state index in [1.54, 1.807) is 13.8 Å². The fourth-order valence-electron chi connectivity index (χ4n) is 5.11. The predicted molar refractivity (Wildman–Crippen MR) is 90.3 cm³/mol. The van der Waals surface area contributed by atoms with E-state index in [0.717, 1.165) is 11.0 Å². The zero-order valence-electron chi connectivity index (χ0n) is 15.1. The molecule has 0 radical (unpaired) electrons. The molecule has 9 heteroatoms. The number of hydrogen-bond donors (Lipinski definition) is 1. The molecule has 3 aliphatic rings. The van der Waals surface area contributed by atoms with Gasteiger partial charge in [-0.3, -0.25) is 9.59 Å². The standard InChI is InChI=1S/C19H17F3N2O4/c1-4-18-12(25)8-17(2,28-18)13-14(18)16(27)24(15(13)26)9-5-6-11(23-3)10(7-9)19(20,21)22/h5-7,12-14,25H,4,8H2,1-2H3/t12-,13+,14-,17?,18?/m0/s1. The van der Waals surface area contributed by atoms with E-state index in [9.17, 15) is 27.9 Å². The molecule has 2 unspecified atom stereocenters. The van der Waals surface area contributed by atoms with Crippen LogP contribution in [0.25, 0.3) is 4.85 Å². The van der Waals surface area contributed by atoms with Crippen molar-refractivity contribution in [2.75, 3.05) is 4.90 Å². The van der Waals surface area contributed by atoms with Gasteiger partial charge in [-0.2, -0.15) is 13.2 Å². The molecule has 2 amide bonds. The molecule has 4 rings (SSSR count). The normalized spacial score (nSPS) is 36.8. The Morgan fingerprint density at radius 3 is 2.54 bits per heavy atom. The quantitative estimate of drug-likeness (QED) is 0.618. The number of imide groups is 1. The molecule has 6 nitrogen and oxygen atoms in total. The highest BCUT2D eigenvalue weighted by atomic mass is 19.4. The third kappa shape index (κ3) is 2.16. The molecule has 1 N–H and O–H groups in total. The second kappa shape index (κ2) is 5.55. The first-order valence-electron chi connectivity index (χ1n) is 8.85. The Kier molecular flexibility index (Phi) is 3.75. The molecule has 3 fully saturated rings. The number of carbonyl (C=O) groups excluding carboxylic acids is 2. The summed E-state index contributed by atoms with van der Waals surface area (Å²) in [4.78, 5) is 29.8. The van der Waals surface area contributed by atoms with E-state index >= 15 is 0 Å². The average molecular weight is 394 g/mol. The number of benzene rings is 1. The lowest BCUT2D eigenvalue weighted by atomic mass is 9.66. The minimum atomic E-state index is -4.80. The van der Waals surface area contributed by atoms with Crippen molar-refractivity contribution in [3.05, 3.63) is 35.2 Å². The lowest BCUT2D eigenvalue weighted by Crippen LogP contribution is -2.50. The Labute approximate surface area is 158 Å². The van der Waals surface area contributed by atoms with Crippen LogP contribution in [0.4, 0.5) is 24.5 Å². The molecule has 1 aromatic carbocycles. The Morgan fingerprint density at radius 1 is 1.32 bits per heavy atom. The minimum Gasteiger partial charge on any atom is -0.390 e. The predicted octanol–water partition coefficient (Wildman–Crippen LogP) is 3.06. The lowest BCUT2D eigenvalue weighted by molar-refractivity contribution is -0.138. The summed E-state index contributed by atoms with van der Waals surface area (Å²) in [5.41, 5.74) is -4.30. The fraction of sp³-hybridized carbons (Fsp3) is 0.526. The van der Waals surface area contributed by atoms with Gasteiger partial charge in [0.25, 0.3) is 0 Å². The fourth-order valence-corrected chi connectivity index (χ4v) is 5.11. The van der Waals surface area contributed by atoms with E-state index in [2.05, 4.69) is 4.85 Å². The third-order valence-corrected chi connectivity index (χ3v) is 6.29. The van der Waals surface area contributed by atoms with Crippen LogP contribution in [0.15, 0.2) is 18.2 Å². The summed E-state index contributed by atoms with van der Waals surface area (Å²) in [6.07, 6.45) is -5.26. The van der Waals surface area contributed by atoms with Crippen LogP contribution in [0.5, 0.6) is 0 Å². The number of rotatable bonds is 2. The highest BCUT2D eigenvalue weighted by Crippen LogP contribution is 2.62. The van der Waals surface area contributed by atoms with Crippen molar-refractivity contribution in [1.29, 1.82) is 0 Å². The number of amides is 2. The van der Waals surface area contributed by atoms with Crippen molar-refractivity contribution >= 4 is 23.2 Å². The van der Waals surface area contributed by atoms with Gasteiger partial charge in [0.1, 0.15) is 5.60 Å². The molecule has 2 bridgehead atoms. The number of nitrogens with zero attached hydrogens (tertiary/aromatic N) is 2. The first kappa shape index (κ1) is 18.9. The van der Waals surface area contributed by atoms with Crippen molar-refractivity contribution < 1.29 is 32.6 Å². The first-order chi connectivity index (χ1) is 13.0. The Morgan fingerprint density at radius 2 is 1.96 bits per heavy atom. The first-order valence-corrected chi connectivity index (χ1v) is 8.85. The molecular weight excluding hydrogens is 377 g/mol. The maximum atomic E-state index is 13.3. The van der Waals surface area contributed by atoms with E-state index in [1.807, 2.05) is 0 Å². The zero-order chi connectivity index (χ0) is 20.6. The topological polar surface area (TPSA) is 71.2 Å². The number of aliphatic hydroxyl groups excluding tert-OH is 1. The van der Waals surface area contributed by atoms with Crippen LogP contribution in [-0.4, -0.2) is 34.2 Å². The van der Waals surface area contributed by atoms with Crippen molar-refractivity contribution in [2.24, 2.45) is 11.8 Å². The van der Waals surface area contributed by atoms with Gasteiger partial charge in [-0.25, -0.2) is 9.74 Å². The van der Waals surface area contributed by atoms with Crippen molar-refractivity contribution in [2.45, 2.75) is 50.2 Å². The van der Waals surface area contributed by atoms with Crippen LogP contribution < -0.4 is 4.90 Å². The van der Waals surface area contributed by atoms with Crippen LogP contribution >= 0.6 is 0 Å². The van der Waals surface area contributed by atoms with E-state index in [1.165, 1.54) is 6.07 Å². The van der Waals surface area contributed by atoms with Crippen molar-refractivity contribution in [3.63, 3.8) is 0 Å². The lowest BCUT2D eigenvalue weighted by Gasteiger charge is -2.34. The largest absolute Gasteiger partial charge is 0.407 e. The number of hydrogen-bond acceptors (Lipinski definition) is 4. The molecule has 148 valence electrons. The molecule has 1 aromatic rings. The van der Waals surface area contributed by atoms with E-state index in [-0.39, 0.29) is 12.1 Å². The van der Waals surface area contributed by atoms with Gasteiger partial charge in [-0.05, 0) is 25.5 Å². The molecular formula is C19H17F3N2O4. The number of ether oxygens (including phenoxy) is 1. The van der Waals surface area contributed by atoms with E-state index in [4.69, 9.17) is 11.3 Å². The van der Waals surface area contributed by atoms with Gasteiger partial charge in [-0.1, -0.05) is 13.0 Å². The van der Waals surface area contributed by atoms with Crippen LogP contribution in [-0.2, 0) is 20.5 Å². The van der Waals surface area contributed by atoms with Crippen molar-refractivity contribution in [3.8, 4) is 0 Å². The summed E-state index contributed by atoms with van der Waals surface area (Å²) in [6.45, 7) is 10.3. The van der Waals surface area contributed by atoms with Crippen LogP contribution in [0.1, 0.15) is 32.3 Å². The van der Waals surface area contributed by atoms with Gasteiger partial charge in [0.05, 0.1) is 35.7 Å².